The van der Waals surface area contributed by atoms with Gasteiger partial charge >= 0.3 is 0 Å². The van der Waals surface area contributed by atoms with E-state index in [1.807, 2.05) is 12.1 Å². The zero-order valence-corrected chi connectivity index (χ0v) is 10.6. The van der Waals surface area contributed by atoms with Crippen molar-refractivity contribution in [2.75, 3.05) is 6.54 Å². The SMILES string of the molecule is CC(Br)C(=O)N(CCC#N)Cc1ccco1. The number of hydrogen-bond donors (Lipinski definition) is 0. The van der Waals surface area contributed by atoms with Crippen LogP contribution in [0.3, 0.4) is 0 Å². The molecule has 1 aromatic heterocycles. The van der Waals surface area contributed by atoms with Crippen LogP contribution in [0.25, 0.3) is 0 Å². The van der Waals surface area contributed by atoms with Gasteiger partial charge in [-0.1, -0.05) is 15.9 Å². The van der Waals surface area contributed by atoms with Crippen molar-refractivity contribution < 1.29 is 9.21 Å². The summed E-state index contributed by atoms with van der Waals surface area (Å²) in [5, 5.41) is 8.54. The van der Waals surface area contributed by atoms with Gasteiger partial charge in [0.15, 0.2) is 0 Å². The number of amides is 1. The molecule has 16 heavy (non-hydrogen) atoms. The van der Waals surface area contributed by atoms with Crippen LogP contribution in [0.2, 0.25) is 0 Å². The summed E-state index contributed by atoms with van der Waals surface area (Å²) in [7, 11) is 0. The Balaban J connectivity index is 2.64. The molecule has 1 aromatic rings. The predicted molar refractivity (Wildman–Crippen MR) is 62.7 cm³/mol. The highest BCUT2D eigenvalue weighted by atomic mass is 79.9. The third kappa shape index (κ3) is 3.70. The summed E-state index contributed by atoms with van der Waals surface area (Å²) < 4.78 is 5.18. The van der Waals surface area contributed by atoms with Gasteiger partial charge in [0.1, 0.15) is 5.76 Å². The second kappa shape index (κ2) is 6.33. The summed E-state index contributed by atoms with van der Waals surface area (Å²) in [6.07, 6.45) is 1.89. The average Bonchev–Trinajstić information content (AvgIpc) is 2.75. The Hall–Kier alpha value is -1.28. The van der Waals surface area contributed by atoms with Crippen LogP contribution in [-0.2, 0) is 11.3 Å². The standard InChI is InChI=1S/C11H13BrN2O2/c1-9(12)11(15)14(6-3-5-13)8-10-4-2-7-16-10/h2,4,7,9H,3,6,8H2,1H3. The van der Waals surface area contributed by atoms with Crippen LogP contribution in [-0.4, -0.2) is 22.2 Å². The van der Waals surface area contributed by atoms with Crippen molar-refractivity contribution >= 4 is 21.8 Å². The van der Waals surface area contributed by atoms with Crippen molar-refractivity contribution in [3.63, 3.8) is 0 Å². The summed E-state index contributed by atoms with van der Waals surface area (Å²) in [5.74, 6) is 0.686. The van der Waals surface area contributed by atoms with Crippen molar-refractivity contribution in [1.29, 1.82) is 5.26 Å². The Morgan fingerprint density at radius 3 is 3.00 bits per heavy atom. The molecule has 0 bridgehead atoms. The second-order valence-electron chi connectivity index (χ2n) is 3.36. The third-order valence-corrected chi connectivity index (χ3v) is 2.46. The smallest absolute Gasteiger partial charge is 0.236 e. The van der Waals surface area contributed by atoms with E-state index < -0.39 is 0 Å². The molecule has 0 radical (unpaired) electrons. The molecule has 0 saturated heterocycles. The molecule has 5 heteroatoms. The highest BCUT2D eigenvalue weighted by molar-refractivity contribution is 9.10. The lowest BCUT2D eigenvalue weighted by molar-refractivity contribution is -0.131. The number of nitriles is 1. The molecule has 0 N–H and O–H groups in total. The molecule has 0 aliphatic carbocycles. The zero-order chi connectivity index (χ0) is 12.0. The normalized spacial score (nSPS) is 11.8. The van der Waals surface area contributed by atoms with E-state index in [-0.39, 0.29) is 10.7 Å². The first kappa shape index (κ1) is 12.8. The summed E-state index contributed by atoms with van der Waals surface area (Å²) in [6.45, 7) is 2.60. The molecular formula is C11H13BrN2O2. The second-order valence-corrected chi connectivity index (χ2v) is 4.74. The van der Waals surface area contributed by atoms with Crippen molar-refractivity contribution in [2.45, 2.75) is 24.7 Å². The minimum absolute atomic E-state index is 0.0355. The lowest BCUT2D eigenvalue weighted by atomic mass is 10.3. The fraction of sp³-hybridized carbons (Fsp3) is 0.455. The van der Waals surface area contributed by atoms with Gasteiger partial charge < -0.3 is 9.32 Å². The number of rotatable bonds is 5. The van der Waals surface area contributed by atoms with Crippen LogP contribution in [0, 0.1) is 11.3 Å². The molecule has 1 amide bonds. The summed E-state index contributed by atoms with van der Waals surface area (Å²) >= 11 is 3.23. The molecule has 1 rings (SSSR count). The van der Waals surface area contributed by atoms with Gasteiger partial charge in [0.2, 0.25) is 5.91 Å². The summed E-state index contributed by atoms with van der Waals surface area (Å²) in [6, 6.07) is 5.62. The predicted octanol–water partition coefficient (Wildman–Crippen LogP) is 2.31. The number of carbonyl (C=O) groups is 1. The van der Waals surface area contributed by atoms with E-state index in [9.17, 15) is 4.79 Å². The van der Waals surface area contributed by atoms with Crippen LogP contribution < -0.4 is 0 Å². The van der Waals surface area contributed by atoms with E-state index in [4.69, 9.17) is 9.68 Å². The van der Waals surface area contributed by atoms with E-state index in [0.29, 0.717) is 19.5 Å². The van der Waals surface area contributed by atoms with Gasteiger partial charge in [-0.25, -0.2) is 0 Å². The molecule has 1 unspecified atom stereocenters. The lowest BCUT2D eigenvalue weighted by Crippen LogP contribution is -2.35. The first-order valence-corrected chi connectivity index (χ1v) is 5.89. The summed E-state index contributed by atoms with van der Waals surface area (Å²) in [5.41, 5.74) is 0. The third-order valence-electron chi connectivity index (χ3n) is 2.07. The molecule has 4 nitrogen and oxygen atoms in total. The number of nitrogens with zero attached hydrogens (tertiary/aromatic N) is 2. The maximum absolute atomic E-state index is 11.8. The van der Waals surface area contributed by atoms with E-state index in [1.54, 1.807) is 24.2 Å². The van der Waals surface area contributed by atoms with E-state index in [1.165, 1.54) is 0 Å². The molecule has 0 aliphatic heterocycles. The highest BCUT2D eigenvalue weighted by Gasteiger charge is 2.18. The van der Waals surface area contributed by atoms with Gasteiger partial charge in [-0.05, 0) is 19.1 Å². The molecule has 0 saturated carbocycles. The minimum atomic E-state index is -0.249. The van der Waals surface area contributed by atoms with Crippen LogP contribution in [0.5, 0.6) is 0 Å². The van der Waals surface area contributed by atoms with Crippen LogP contribution in [0.4, 0.5) is 0 Å². The van der Waals surface area contributed by atoms with Gasteiger partial charge in [-0.2, -0.15) is 5.26 Å². The van der Waals surface area contributed by atoms with Crippen LogP contribution >= 0.6 is 15.9 Å². The van der Waals surface area contributed by atoms with E-state index >= 15 is 0 Å². The molecule has 0 spiro atoms. The minimum Gasteiger partial charge on any atom is -0.467 e. The van der Waals surface area contributed by atoms with Crippen molar-refractivity contribution in [3.05, 3.63) is 24.2 Å². The summed E-state index contributed by atoms with van der Waals surface area (Å²) in [4.78, 5) is 13.2. The van der Waals surface area contributed by atoms with Crippen molar-refractivity contribution in [3.8, 4) is 6.07 Å². The molecule has 0 aliphatic rings. The van der Waals surface area contributed by atoms with Gasteiger partial charge in [0.05, 0.1) is 30.1 Å². The van der Waals surface area contributed by atoms with E-state index in [0.717, 1.165) is 5.76 Å². The Morgan fingerprint density at radius 1 is 1.75 bits per heavy atom. The molecule has 0 fully saturated rings. The fourth-order valence-corrected chi connectivity index (χ4v) is 1.58. The monoisotopic (exact) mass is 284 g/mol. The first-order valence-electron chi connectivity index (χ1n) is 4.97. The quantitative estimate of drug-likeness (QED) is 0.780. The Kier molecular flexibility index (Phi) is 5.06. The van der Waals surface area contributed by atoms with Crippen LogP contribution in [0.15, 0.2) is 22.8 Å². The van der Waals surface area contributed by atoms with Crippen LogP contribution in [0.1, 0.15) is 19.1 Å². The van der Waals surface area contributed by atoms with Crippen molar-refractivity contribution in [1.82, 2.24) is 4.90 Å². The average molecular weight is 285 g/mol. The van der Waals surface area contributed by atoms with E-state index in [2.05, 4.69) is 15.9 Å². The van der Waals surface area contributed by atoms with Gasteiger partial charge in [0.25, 0.3) is 0 Å². The maximum atomic E-state index is 11.8. The molecule has 86 valence electrons. The van der Waals surface area contributed by atoms with Gasteiger partial charge in [-0.3, -0.25) is 4.79 Å². The lowest BCUT2D eigenvalue weighted by Gasteiger charge is -2.21. The Morgan fingerprint density at radius 2 is 2.50 bits per heavy atom. The topological polar surface area (TPSA) is 57.2 Å². The van der Waals surface area contributed by atoms with Gasteiger partial charge in [-0.15, -0.1) is 0 Å². The maximum Gasteiger partial charge on any atom is 0.236 e. The molecular weight excluding hydrogens is 272 g/mol. The first-order chi connectivity index (χ1) is 7.65. The van der Waals surface area contributed by atoms with Gasteiger partial charge in [0, 0.05) is 6.54 Å². The number of hydrogen-bond acceptors (Lipinski definition) is 3. The number of furan rings is 1. The number of alkyl halides is 1. The van der Waals surface area contributed by atoms with Crippen molar-refractivity contribution in [2.24, 2.45) is 0 Å². The highest BCUT2D eigenvalue weighted by Crippen LogP contribution is 2.10. The Bertz CT molecular complexity index is 368. The molecule has 0 aromatic carbocycles. The number of halogens is 1. The molecule has 1 atom stereocenters. The Labute approximate surface area is 103 Å². The molecule has 1 heterocycles. The number of carbonyl (C=O) groups excluding carboxylic acids is 1. The fourth-order valence-electron chi connectivity index (χ4n) is 1.29. The largest absolute Gasteiger partial charge is 0.467 e. The zero-order valence-electron chi connectivity index (χ0n) is 9.02.